The highest BCUT2D eigenvalue weighted by atomic mass is 19.4. The zero-order chi connectivity index (χ0) is 17.4. The number of aromatic nitrogens is 1. The molecule has 0 bridgehead atoms. The van der Waals surface area contributed by atoms with Gasteiger partial charge in [-0.1, -0.05) is 0 Å². The third kappa shape index (κ3) is 3.17. The number of hydrogen-bond donors (Lipinski definition) is 2. The number of nitrogens with zero attached hydrogens (tertiary/aromatic N) is 2. The minimum Gasteiger partial charge on any atom is -0.365 e. The average Bonchev–Trinajstić information content (AvgIpc) is 2.85. The van der Waals surface area contributed by atoms with E-state index in [2.05, 4.69) is 5.32 Å². The molecule has 4 amide bonds. The topological polar surface area (TPSA) is 114 Å². The first kappa shape index (κ1) is 16.5. The molecule has 1 aromatic rings. The van der Waals surface area contributed by atoms with Gasteiger partial charge >= 0.3 is 12.2 Å². The number of nitrogens with one attached hydrogen (secondary N) is 1. The molecule has 1 aromatic heterocycles. The molecule has 0 unspecified atom stereocenters. The van der Waals surface area contributed by atoms with Crippen molar-refractivity contribution in [2.45, 2.75) is 12.7 Å². The van der Waals surface area contributed by atoms with E-state index in [-0.39, 0.29) is 17.7 Å². The Morgan fingerprint density at radius 2 is 1.91 bits per heavy atom. The third-order valence-electron chi connectivity index (χ3n) is 3.18. The number of rotatable bonds is 3. The molecule has 0 saturated carbocycles. The Balaban J connectivity index is 2.48. The van der Waals surface area contributed by atoms with Crippen LogP contribution in [0.5, 0.6) is 0 Å². The Morgan fingerprint density at radius 1 is 1.26 bits per heavy atom. The van der Waals surface area contributed by atoms with E-state index in [0.29, 0.717) is 17.0 Å². The van der Waals surface area contributed by atoms with Crippen LogP contribution in [0.25, 0.3) is 0 Å². The summed E-state index contributed by atoms with van der Waals surface area (Å²) in [7, 11) is 0. The highest BCUT2D eigenvalue weighted by molar-refractivity contribution is 5.96. The lowest BCUT2D eigenvalue weighted by Gasteiger charge is -2.18. The molecule has 0 aromatic carbocycles. The summed E-state index contributed by atoms with van der Waals surface area (Å²) in [5.74, 6) is -2.22. The first-order valence-corrected chi connectivity index (χ1v) is 6.32. The van der Waals surface area contributed by atoms with Gasteiger partial charge < -0.3 is 11.1 Å². The number of amides is 4. The van der Waals surface area contributed by atoms with Gasteiger partial charge in [-0.25, -0.2) is 4.79 Å². The second-order valence-corrected chi connectivity index (χ2v) is 4.66. The molecule has 0 radical (unpaired) electrons. The molecule has 1 aliphatic heterocycles. The van der Waals surface area contributed by atoms with E-state index in [0.717, 1.165) is 0 Å². The molecule has 0 spiro atoms. The first-order valence-electron chi connectivity index (χ1n) is 6.32. The molecule has 1 aliphatic rings. The summed E-state index contributed by atoms with van der Waals surface area (Å²) >= 11 is 0. The maximum absolute atomic E-state index is 13.0. The molecule has 1 fully saturated rings. The summed E-state index contributed by atoms with van der Waals surface area (Å²) in [6.45, 7) is -0.904. The molecule has 124 valence electrons. The van der Waals surface area contributed by atoms with Gasteiger partial charge in [-0.3, -0.25) is 23.9 Å². The number of halogens is 3. The molecule has 11 heteroatoms. The van der Waals surface area contributed by atoms with Crippen molar-refractivity contribution in [1.29, 1.82) is 0 Å². The number of nitrogens with two attached hydrogens (primary N) is 1. The predicted octanol–water partition coefficient (Wildman–Crippen LogP) is -0.482. The smallest absolute Gasteiger partial charge is 0.365 e. The van der Waals surface area contributed by atoms with Crippen molar-refractivity contribution in [3.8, 4) is 0 Å². The fraction of sp³-hybridized carbons (Fsp3) is 0.333. The average molecular weight is 332 g/mol. The van der Waals surface area contributed by atoms with Crippen LogP contribution in [0.4, 0.5) is 18.0 Å². The number of urea groups is 1. The van der Waals surface area contributed by atoms with Crippen molar-refractivity contribution >= 4 is 17.8 Å². The summed E-state index contributed by atoms with van der Waals surface area (Å²) in [5.41, 5.74) is 1.48. The van der Waals surface area contributed by atoms with E-state index in [1.165, 1.54) is 0 Å². The maximum atomic E-state index is 13.0. The lowest BCUT2D eigenvalue weighted by atomic mass is 10.2. The van der Waals surface area contributed by atoms with Crippen LogP contribution < -0.4 is 16.6 Å². The standard InChI is InChI=1S/C12H11F3N4O4/c13-12(14,15)7-2-1-6(9(16)21)10(22)19(7)5-8(20)18-4-3-17-11(18)23/h1-2H,3-5H2,(H2,16,21)(H,17,23). The molecule has 23 heavy (non-hydrogen) atoms. The van der Waals surface area contributed by atoms with Gasteiger partial charge in [0.1, 0.15) is 17.8 Å². The second kappa shape index (κ2) is 5.74. The fourth-order valence-electron chi connectivity index (χ4n) is 2.10. The van der Waals surface area contributed by atoms with Gasteiger partial charge in [0.25, 0.3) is 17.4 Å². The van der Waals surface area contributed by atoms with Crippen LogP contribution in [0.15, 0.2) is 16.9 Å². The second-order valence-electron chi connectivity index (χ2n) is 4.66. The molecule has 1 saturated heterocycles. The SMILES string of the molecule is NC(=O)c1ccc(C(F)(F)F)n(CC(=O)N2CCNC2=O)c1=O. The van der Waals surface area contributed by atoms with E-state index in [1.54, 1.807) is 0 Å². The third-order valence-corrected chi connectivity index (χ3v) is 3.18. The molecule has 2 rings (SSSR count). The quantitative estimate of drug-likeness (QED) is 0.778. The van der Waals surface area contributed by atoms with Crippen LogP contribution in [-0.4, -0.2) is 40.4 Å². The summed E-state index contributed by atoms with van der Waals surface area (Å²) < 4.78 is 39.0. The Bertz CT molecular complexity index is 741. The van der Waals surface area contributed by atoms with Crippen LogP contribution in [0, 0.1) is 0 Å². The minimum absolute atomic E-state index is 0.0245. The van der Waals surface area contributed by atoms with Crippen LogP contribution in [-0.2, 0) is 17.5 Å². The van der Waals surface area contributed by atoms with Gasteiger partial charge in [-0.2, -0.15) is 13.2 Å². The molecule has 8 nitrogen and oxygen atoms in total. The van der Waals surface area contributed by atoms with E-state index in [9.17, 15) is 32.3 Å². The summed E-state index contributed by atoms with van der Waals surface area (Å²) in [5, 5.41) is 2.31. The van der Waals surface area contributed by atoms with Gasteiger partial charge in [0.2, 0.25) is 0 Å². The summed E-state index contributed by atoms with van der Waals surface area (Å²) in [6.07, 6.45) is -4.93. The molecular weight excluding hydrogens is 321 g/mol. The number of hydrogen-bond acceptors (Lipinski definition) is 4. The zero-order valence-electron chi connectivity index (χ0n) is 11.5. The fourth-order valence-corrected chi connectivity index (χ4v) is 2.10. The van der Waals surface area contributed by atoms with E-state index >= 15 is 0 Å². The van der Waals surface area contributed by atoms with Crippen molar-refractivity contribution in [2.75, 3.05) is 13.1 Å². The lowest BCUT2D eigenvalue weighted by molar-refractivity contribution is -0.145. The zero-order valence-corrected chi connectivity index (χ0v) is 11.5. The van der Waals surface area contributed by atoms with Gasteiger partial charge in [-0.05, 0) is 12.1 Å². The highest BCUT2D eigenvalue weighted by Gasteiger charge is 2.36. The monoisotopic (exact) mass is 332 g/mol. The van der Waals surface area contributed by atoms with E-state index in [4.69, 9.17) is 5.73 Å². The minimum atomic E-state index is -4.93. The number of alkyl halides is 3. The molecule has 2 heterocycles. The van der Waals surface area contributed by atoms with Gasteiger partial charge in [0.05, 0.1) is 0 Å². The van der Waals surface area contributed by atoms with Crippen LogP contribution in [0.2, 0.25) is 0 Å². The largest absolute Gasteiger partial charge is 0.431 e. The van der Waals surface area contributed by atoms with Crippen LogP contribution in [0.3, 0.4) is 0 Å². The Morgan fingerprint density at radius 3 is 2.39 bits per heavy atom. The van der Waals surface area contributed by atoms with Crippen molar-refractivity contribution in [1.82, 2.24) is 14.8 Å². The molecule has 0 atom stereocenters. The van der Waals surface area contributed by atoms with E-state index in [1.807, 2.05) is 0 Å². The highest BCUT2D eigenvalue weighted by Crippen LogP contribution is 2.28. The number of pyridine rings is 1. The Labute approximate surface area is 126 Å². The lowest BCUT2D eigenvalue weighted by Crippen LogP contribution is -2.41. The maximum Gasteiger partial charge on any atom is 0.431 e. The summed E-state index contributed by atoms with van der Waals surface area (Å²) in [4.78, 5) is 47.1. The normalized spacial score (nSPS) is 14.7. The Kier molecular flexibility index (Phi) is 4.12. The van der Waals surface area contributed by atoms with Crippen molar-refractivity contribution in [2.24, 2.45) is 5.73 Å². The summed E-state index contributed by atoms with van der Waals surface area (Å²) in [6, 6.07) is 0.373. The van der Waals surface area contributed by atoms with Crippen molar-refractivity contribution in [3.63, 3.8) is 0 Å². The molecule has 0 aliphatic carbocycles. The number of primary amides is 1. The van der Waals surface area contributed by atoms with Crippen molar-refractivity contribution < 1.29 is 27.6 Å². The Hall–Kier alpha value is -2.85. The first-order chi connectivity index (χ1) is 10.6. The van der Waals surface area contributed by atoms with E-state index < -0.39 is 47.4 Å². The van der Waals surface area contributed by atoms with Gasteiger partial charge in [-0.15, -0.1) is 0 Å². The van der Waals surface area contributed by atoms with Crippen molar-refractivity contribution in [3.05, 3.63) is 33.7 Å². The number of carbonyl (C=O) groups excluding carboxylic acids is 3. The van der Waals surface area contributed by atoms with Crippen LogP contribution >= 0.6 is 0 Å². The number of imide groups is 1. The number of carbonyl (C=O) groups is 3. The molecular formula is C12H11F3N4O4. The van der Waals surface area contributed by atoms with Crippen LogP contribution in [0.1, 0.15) is 16.1 Å². The predicted molar refractivity (Wildman–Crippen MR) is 69.3 cm³/mol. The van der Waals surface area contributed by atoms with Gasteiger partial charge in [0.15, 0.2) is 0 Å². The van der Waals surface area contributed by atoms with Gasteiger partial charge in [0, 0.05) is 13.1 Å². The molecule has 3 N–H and O–H groups in total.